The number of rotatable bonds is 6. The van der Waals surface area contributed by atoms with Gasteiger partial charge < -0.3 is 5.32 Å². The number of carbonyl (C=O) groups excluding carboxylic acids is 1. The molecular weight excluding hydrogens is 482 g/mol. The van der Waals surface area contributed by atoms with Crippen molar-refractivity contribution in [2.24, 2.45) is 0 Å². The maximum absolute atomic E-state index is 13.1. The van der Waals surface area contributed by atoms with Crippen LogP contribution in [0.1, 0.15) is 21.5 Å². The minimum atomic E-state index is -3.93. The van der Waals surface area contributed by atoms with Crippen LogP contribution in [0.5, 0.6) is 0 Å². The average molecular weight is 500 g/mol. The molecule has 10 heteroatoms. The Morgan fingerprint density at radius 1 is 0.971 bits per heavy atom. The van der Waals surface area contributed by atoms with Crippen LogP contribution in [0, 0.1) is 11.3 Å². The molecule has 0 spiro atoms. The zero-order valence-electron chi connectivity index (χ0n) is 18.1. The van der Waals surface area contributed by atoms with Crippen LogP contribution in [-0.4, -0.2) is 23.1 Å². The summed E-state index contributed by atoms with van der Waals surface area (Å²) in [5.74, 6) is -0.293. The van der Waals surface area contributed by atoms with Crippen molar-refractivity contribution in [2.45, 2.75) is 11.4 Å². The minimum absolute atomic E-state index is 0.0392. The first-order valence-corrected chi connectivity index (χ1v) is 12.7. The van der Waals surface area contributed by atoms with E-state index in [0.29, 0.717) is 39.8 Å². The number of nitrogens with one attached hydrogen (secondary N) is 2. The number of hydrogen-bond acceptors (Lipinski definition) is 7. The normalized spacial score (nSPS) is 11.3. The third-order valence-electron chi connectivity index (χ3n) is 5.45. The molecule has 1 aromatic heterocycles. The molecule has 5 aromatic rings. The number of carbonyl (C=O) groups is 1. The van der Waals surface area contributed by atoms with Crippen molar-refractivity contribution in [1.29, 1.82) is 5.26 Å². The van der Waals surface area contributed by atoms with Crippen molar-refractivity contribution in [1.82, 2.24) is 14.1 Å². The second kappa shape index (κ2) is 9.13. The first-order valence-electron chi connectivity index (χ1n) is 10.5. The number of fused-ring (bicyclic) bond motifs is 2. The number of aromatic nitrogens is 2. The van der Waals surface area contributed by atoms with Crippen LogP contribution < -0.4 is 10.0 Å². The number of amides is 1. The molecular formula is C25H17N5O3S2. The van der Waals surface area contributed by atoms with Gasteiger partial charge in [0.25, 0.3) is 15.9 Å². The van der Waals surface area contributed by atoms with Gasteiger partial charge in [-0.3, -0.25) is 9.52 Å². The molecule has 2 N–H and O–H groups in total. The molecule has 0 aliphatic carbocycles. The molecule has 172 valence electrons. The molecule has 35 heavy (non-hydrogen) atoms. The Morgan fingerprint density at radius 2 is 1.77 bits per heavy atom. The maximum atomic E-state index is 13.1. The van der Waals surface area contributed by atoms with E-state index in [4.69, 9.17) is 5.26 Å². The molecule has 0 aliphatic rings. The molecule has 5 rings (SSSR count). The highest BCUT2D eigenvalue weighted by molar-refractivity contribution is 7.93. The molecule has 0 bridgehead atoms. The fourth-order valence-electron chi connectivity index (χ4n) is 3.72. The lowest BCUT2D eigenvalue weighted by atomic mass is 10.0. The second-order valence-electron chi connectivity index (χ2n) is 7.73. The van der Waals surface area contributed by atoms with Gasteiger partial charge in [-0.2, -0.15) is 14.0 Å². The van der Waals surface area contributed by atoms with E-state index < -0.39 is 10.0 Å². The first-order chi connectivity index (χ1) is 16.9. The van der Waals surface area contributed by atoms with Gasteiger partial charge in [-0.05, 0) is 58.8 Å². The summed E-state index contributed by atoms with van der Waals surface area (Å²) in [5.41, 5.74) is 2.97. The van der Waals surface area contributed by atoms with Crippen molar-refractivity contribution in [3.63, 3.8) is 0 Å². The second-order valence-corrected chi connectivity index (χ2v) is 9.91. The fraction of sp³-hybridized carbons (Fsp3) is 0.0400. The van der Waals surface area contributed by atoms with E-state index in [1.165, 1.54) is 6.07 Å². The zero-order valence-corrected chi connectivity index (χ0v) is 19.7. The molecule has 0 radical (unpaired) electrons. The summed E-state index contributed by atoms with van der Waals surface area (Å²) in [5, 5.41) is 13.2. The van der Waals surface area contributed by atoms with Gasteiger partial charge in [0.1, 0.15) is 15.9 Å². The van der Waals surface area contributed by atoms with Crippen LogP contribution in [0.15, 0.2) is 83.8 Å². The number of nitriles is 1. The van der Waals surface area contributed by atoms with Crippen molar-refractivity contribution >= 4 is 55.2 Å². The lowest BCUT2D eigenvalue weighted by Crippen LogP contribution is -2.23. The van der Waals surface area contributed by atoms with Crippen LogP contribution in [0.2, 0.25) is 0 Å². The molecule has 0 aliphatic heterocycles. The van der Waals surface area contributed by atoms with Gasteiger partial charge in [-0.15, -0.1) is 0 Å². The van der Waals surface area contributed by atoms with E-state index in [-0.39, 0.29) is 10.8 Å². The predicted molar refractivity (Wildman–Crippen MR) is 134 cm³/mol. The van der Waals surface area contributed by atoms with Gasteiger partial charge in [-0.25, -0.2) is 8.42 Å². The van der Waals surface area contributed by atoms with Gasteiger partial charge >= 0.3 is 0 Å². The third kappa shape index (κ3) is 4.55. The van der Waals surface area contributed by atoms with Crippen molar-refractivity contribution in [2.75, 3.05) is 4.72 Å². The summed E-state index contributed by atoms with van der Waals surface area (Å²) in [6, 6.07) is 24.2. The highest BCUT2D eigenvalue weighted by Gasteiger charge is 2.20. The van der Waals surface area contributed by atoms with Crippen molar-refractivity contribution in [3.05, 3.63) is 95.6 Å². The summed E-state index contributed by atoms with van der Waals surface area (Å²) < 4.78 is 37.0. The Kier molecular flexibility index (Phi) is 5.86. The lowest BCUT2D eigenvalue weighted by molar-refractivity contribution is 0.0952. The number of anilines is 1. The fourth-order valence-corrected chi connectivity index (χ4v) is 5.53. The smallest absolute Gasteiger partial charge is 0.264 e. The van der Waals surface area contributed by atoms with Crippen molar-refractivity contribution < 1.29 is 13.2 Å². The number of hydrogen-bond donors (Lipinski definition) is 2. The Labute approximate surface area is 205 Å². The Hall–Kier alpha value is -4.33. The van der Waals surface area contributed by atoms with E-state index in [1.807, 2.05) is 6.07 Å². The lowest BCUT2D eigenvalue weighted by Gasteiger charge is -2.12. The molecule has 0 unspecified atom stereocenters. The number of nitrogens with zero attached hydrogens (tertiary/aromatic N) is 3. The summed E-state index contributed by atoms with van der Waals surface area (Å²) in [6.45, 7) is 0.291. The van der Waals surface area contributed by atoms with Crippen LogP contribution in [-0.2, 0) is 16.6 Å². The molecule has 1 amide bonds. The molecule has 1 heterocycles. The molecule has 4 aromatic carbocycles. The minimum Gasteiger partial charge on any atom is -0.348 e. The van der Waals surface area contributed by atoms with Gasteiger partial charge in [-0.1, -0.05) is 36.4 Å². The quantitative estimate of drug-likeness (QED) is 0.356. The van der Waals surface area contributed by atoms with Crippen LogP contribution in [0.4, 0.5) is 5.69 Å². The topological polar surface area (TPSA) is 125 Å². The molecule has 0 saturated heterocycles. The Bertz CT molecular complexity index is 1720. The molecule has 0 saturated carbocycles. The summed E-state index contributed by atoms with van der Waals surface area (Å²) in [4.78, 5) is 13.0. The largest absolute Gasteiger partial charge is 0.348 e. The number of benzene rings is 4. The Balaban J connectivity index is 1.42. The van der Waals surface area contributed by atoms with Crippen LogP contribution in [0.3, 0.4) is 0 Å². The first kappa shape index (κ1) is 22.5. The molecule has 0 atom stereocenters. The third-order valence-corrected chi connectivity index (χ3v) is 7.41. The Morgan fingerprint density at radius 3 is 2.57 bits per heavy atom. The van der Waals surface area contributed by atoms with Gasteiger partial charge in [0.15, 0.2) is 0 Å². The maximum Gasteiger partial charge on any atom is 0.264 e. The van der Waals surface area contributed by atoms with E-state index in [2.05, 4.69) is 24.9 Å². The summed E-state index contributed by atoms with van der Waals surface area (Å²) in [6.07, 6.45) is 0. The van der Waals surface area contributed by atoms with E-state index in [9.17, 15) is 13.2 Å². The van der Waals surface area contributed by atoms with Gasteiger partial charge in [0, 0.05) is 17.8 Å². The summed E-state index contributed by atoms with van der Waals surface area (Å²) >= 11 is 0.950. The highest BCUT2D eigenvalue weighted by atomic mass is 32.2. The van der Waals surface area contributed by atoms with Gasteiger partial charge in [0.2, 0.25) is 0 Å². The zero-order chi connectivity index (χ0) is 24.4. The molecule has 0 fully saturated rings. The van der Waals surface area contributed by atoms with Gasteiger partial charge in [0.05, 0.1) is 23.4 Å². The number of sulfonamides is 1. The van der Waals surface area contributed by atoms with Crippen LogP contribution in [0.25, 0.3) is 21.8 Å². The average Bonchev–Trinajstić information content (AvgIpc) is 3.36. The monoisotopic (exact) mass is 499 g/mol. The van der Waals surface area contributed by atoms with Crippen molar-refractivity contribution in [3.8, 4) is 6.07 Å². The standard InChI is InChI=1S/C25H17N5O3S2/c26-14-16-7-9-17(10-8-16)15-27-25(31)20-4-1-3-18-11-12-19(13-21(18)20)30-35(32,33)23-6-2-5-22-24(23)29-34-28-22/h1-13,30H,15H2,(H,27,31). The predicted octanol–water partition coefficient (Wildman–Crippen LogP) is 4.45. The SMILES string of the molecule is N#Cc1ccc(CNC(=O)c2cccc3ccc(NS(=O)(=O)c4cccc5nsnc45)cc23)cc1. The van der Waals surface area contributed by atoms with Crippen LogP contribution >= 0.6 is 11.7 Å². The highest BCUT2D eigenvalue weighted by Crippen LogP contribution is 2.27. The van der Waals surface area contributed by atoms with E-state index >= 15 is 0 Å². The van der Waals surface area contributed by atoms with E-state index in [1.54, 1.807) is 66.7 Å². The van der Waals surface area contributed by atoms with E-state index in [0.717, 1.165) is 22.7 Å². The molecule has 8 nitrogen and oxygen atoms in total. The summed E-state index contributed by atoms with van der Waals surface area (Å²) in [7, 11) is -3.93.